The molecule has 0 unspecified atom stereocenters. The van der Waals surface area contributed by atoms with Crippen LogP contribution in [0.2, 0.25) is 0 Å². The van der Waals surface area contributed by atoms with Crippen molar-refractivity contribution in [3.8, 4) is 22.4 Å². The first-order valence-electron chi connectivity index (χ1n) is 10.4. The predicted octanol–water partition coefficient (Wildman–Crippen LogP) is 7.22. The molecular weight excluding hydrogens is 380 g/mol. The van der Waals surface area contributed by atoms with Crippen molar-refractivity contribution in [2.24, 2.45) is 7.05 Å². The van der Waals surface area contributed by atoms with Gasteiger partial charge in [-0.05, 0) is 48.2 Å². The molecule has 0 amide bonds. The zero-order valence-electron chi connectivity index (χ0n) is 18.2. The Labute approximate surface area is 182 Å². The summed E-state index contributed by atoms with van der Waals surface area (Å²) in [7, 11) is 2.09. The molecule has 0 fully saturated rings. The first-order chi connectivity index (χ1) is 15.0. The Morgan fingerprint density at radius 1 is 0.871 bits per heavy atom. The van der Waals surface area contributed by atoms with Crippen molar-refractivity contribution in [2.75, 3.05) is 0 Å². The molecule has 0 atom stereocenters. The fourth-order valence-electron chi connectivity index (χ4n) is 4.44. The average Bonchev–Trinajstić information content (AvgIpc) is 3.13. The number of nitrogens with zero attached hydrogens (tertiary/aromatic N) is 2. The van der Waals surface area contributed by atoms with E-state index in [1.54, 1.807) is 0 Å². The quantitative estimate of drug-likeness (QED) is 0.225. The number of benzene rings is 3. The molecule has 5 aromatic rings. The maximum Gasteiger partial charge on any atom is 0.216 e. The van der Waals surface area contributed by atoms with Crippen molar-refractivity contribution >= 4 is 27.6 Å². The highest BCUT2D eigenvalue weighted by molar-refractivity contribution is 6.12. The van der Waals surface area contributed by atoms with Crippen molar-refractivity contribution in [1.29, 1.82) is 0 Å². The molecule has 0 bridgehead atoms. The van der Waals surface area contributed by atoms with Crippen molar-refractivity contribution in [3.05, 3.63) is 95.0 Å². The summed E-state index contributed by atoms with van der Waals surface area (Å²) in [5, 5.41) is 2.02. The number of hydrogen-bond acceptors (Lipinski definition) is 1. The second-order valence-electron chi connectivity index (χ2n) is 8.20. The van der Waals surface area contributed by atoms with Crippen molar-refractivity contribution in [3.63, 3.8) is 0 Å². The summed E-state index contributed by atoms with van der Waals surface area (Å²) in [6.45, 7) is 14.1. The standard InChI is InChI=1S/C28H23N2O/c1-17-13-19(3)30(5)25(14-17)27-18(2)11-12-21-23-15-24(29-4)22(16-26(23)31-28(21)27)20-9-7-6-8-10-20/h6-16H,1-3,5H3/q+1. The van der Waals surface area contributed by atoms with Crippen molar-refractivity contribution in [2.45, 2.75) is 20.8 Å². The summed E-state index contributed by atoms with van der Waals surface area (Å²) >= 11 is 0. The van der Waals surface area contributed by atoms with Crippen molar-refractivity contribution in [1.82, 2.24) is 0 Å². The molecule has 0 N–H and O–H groups in total. The lowest BCUT2D eigenvalue weighted by Gasteiger charge is -2.08. The van der Waals surface area contributed by atoms with E-state index in [-0.39, 0.29) is 0 Å². The van der Waals surface area contributed by atoms with Crippen LogP contribution in [0, 0.1) is 27.3 Å². The topological polar surface area (TPSA) is 21.4 Å². The van der Waals surface area contributed by atoms with Gasteiger partial charge in [0.25, 0.3) is 0 Å². The fourth-order valence-corrected chi connectivity index (χ4v) is 4.44. The molecule has 2 heterocycles. The number of hydrogen-bond donors (Lipinski definition) is 0. The Morgan fingerprint density at radius 3 is 2.39 bits per heavy atom. The molecule has 0 saturated heterocycles. The van der Waals surface area contributed by atoms with E-state index in [2.05, 4.69) is 61.5 Å². The van der Waals surface area contributed by atoms with Gasteiger partial charge in [-0.3, -0.25) is 0 Å². The summed E-state index contributed by atoms with van der Waals surface area (Å²) in [5.74, 6) is 0. The van der Waals surface area contributed by atoms with E-state index in [0.29, 0.717) is 5.69 Å². The lowest BCUT2D eigenvalue weighted by Crippen LogP contribution is -2.35. The molecule has 3 nitrogen and oxygen atoms in total. The third-order valence-corrected chi connectivity index (χ3v) is 6.12. The molecular formula is C28H23N2O+. The molecule has 0 aliphatic carbocycles. The minimum atomic E-state index is 0.639. The molecule has 3 heteroatoms. The molecule has 0 saturated carbocycles. The van der Waals surface area contributed by atoms with Gasteiger partial charge < -0.3 is 4.42 Å². The lowest BCUT2D eigenvalue weighted by molar-refractivity contribution is -0.666. The first kappa shape index (κ1) is 19.1. The van der Waals surface area contributed by atoms with Crippen LogP contribution in [-0.4, -0.2) is 0 Å². The van der Waals surface area contributed by atoms with Crippen LogP contribution in [0.3, 0.4) is 0 Å². The van der Waals surface area contributed by atoms with Crippen LogP contribution in [0.4, 0.5) is 5.69 Å². The molecule has 3 aromatic carbocycles. The zero-order valence-corrected chi connectivity index (χ0v) is 18.2. The minimum absolute atomic E-state index is 0.639. The number of furan rings is 1. The van der Waals surface area contributed by atoms with Gasteiger partial charge in [-0.1, -0.05) is 42.5 Å². The lowest BCUT2D eigenvalue weighted by atomic mass is 9.98. The van der Waals surface area contributed by atoms with E-state index in [1.165, 1.54) is 16.8 Å². The Kier molecular flexibility index (Phi) is 4.38. The van der Waals surface area contributed by atoms with Crippen LogP contribution in [0.25, 0.3) is 49.2 Å². The van der Waals surface area contributed by atoms with Gasteiger partial charge in [0.1, 0.15) is 18.2 Å². The molecule has 0 aliphatic heterocycles. The number of aromatic nitrogens is 1. The summed E-state index contributed by atoms with van der Waals surface area (Å²) in [5.41, 5.74) is 10.1. The SMILES string of the molecule is [C-]#[N+]c1cc2c(cc1-c1ccccc1)oc1c(-c3cc(C)cc(C)[n+]3C)c(C)ccc12. The minimum Gasteiger partial charge on any atom is -0.455 e. The van der Waals surface area contributed by atoms with Crippen LogP contribution in [0.15, 0.2) is 71.1 Å². The van der Waals surface area contributed by atoms with Gasteiger partial charge in [0.05, 0.1) is 12.1 Å². The van der Waals surface area contributed by atoms with E-state index in [1.807, 2.05) is 42.5 Å². The van der Waals surface area contributed by atoms with E-state index < -0.39 is 0 Å². The highest BCUT2D eigenvalue weighted by Gasteiger charge is 2.22. The van der Waals surface area contributed by atoms with Crippen molar-refractivity contribution < 1.29 is 8.98 Å². The average molecular weight is 404 g/mol. The van der Waals surface area contributed by atoms with E-state index in [9.17, 15) is 0 Å². The fraction of sp³-hybridized carbons (Fsp3) is 0.143. The number of aryl methyl sites for hydroxylation is 3. The summed E-state index contributed by atoms with van der Waals surface area (Å²) in [4.78, 5) is 3.82. The van der Waals surface area contributed by atoms with Gasteiger partial charge in [0.2, 0.25) is 5.69 Å². The van der Waals surface area contributed by atoms with E-state index in [0.717, 1.165) is 44.3 Å². The van der Waals surface area contributed by atoms with E-state index >= 15 is 0 Å². The Balaban J connectivity index is 1.86. The number of pyridine rings is 1. The highest BCUT2D eigenvalue weighted by atomic mass is 16.3. The Hall–Kier alpha value is -3.90. The zero-order chi connectivity index (χ0) is 21.7. The summed E-state index contributed by atoms with van der Waals surface area (Å²) < 4.78 is 8.71. The smallest absolute Gasteiger partial charge is 0.216 e. The van der Waals surface area contributed by atoms with Crippen LogP contribution >= 0.6 is 0 Å². The second kappa shape index (κ2) is 7.11. The molecule has 31 heavy (non-hydrogen) atoms. The maximum absolute atomic E-state index is 7.75. The number of rotatable bonds is 2. The summed E-state index contributed by atoms with van der Waals surface area (Å²) in [6, 6.07) is 22.7. The van der Waals surface area contributed by atoms with Gasteiger partial charge in [-0.15, -0.1) is 0 Å². The summed E-state index contributed by atoms with van der Waals surface area (Å²) in [6.07, 6.45) is 0. The molecule has 0 radical (unpaired) electrons. The third-order valence-electron chi connectivity index (χ3n) is 6.12. The molecule has 150 valence electrons. The Morgan fingerprint density at radius 2 is 1.65 bits per heavy atom. The van der Waals surface area contributed by atoms with Crippen LogP contribution in [-0.2, 0) is 7.05 Å². The highest BCUT2D eigenvalue weighted by Crippen LogP contribution is 2.42. The van der Waals surface area contributed by atoms with Crippen LogP contribution < -0.4 is 4.57 Å². The monoisotopic (exact) mass is 403 g/mol. The molecule has 0 spiro atoms. The van der Waals surface area contributed by atoms with E-state index in [4.69, 9.17) is 11.0 Å². The normalized spacial score (nSPS) is 11.2. The third kappa shape index (κ3) is 3.00. The molecule has 5 rings (SSSR count). The maximum atomic E-state index is 7.75. The largest absolute Gasteiger partial charge is 0.455 e. The first-order valence-corrected chi connectivity index (χ1v) is 10.4. The molecule has 0 aliphatic rings. The van der Waals surface area contributed by atoms with Gasteiger partial charge in [0.15, 0.2) is 11.4 Å². The molecule has 2 aromatic heterocycles. The van der Waals surface area contributed by atoms with Crippen LogP contribution in [0.5, 0.6) is 0 Å². The number of fused-ring (bicyclic) bond motifs is 3. The van der Waals surface area contributed by atoms with Crippen LogP contribution in [0.1, 0.15) is 16.8 Å². The van der Waals surface area contributed by atoms with Gasteiger partial charge >= 0.3 is 0 Å². The van der Waals surface area contributed by atoms with Gasteiger partial charge in [0, 0.05) is 29.8 Å². The Bertz CT molecular complexity index is 1520. The second-order valence-corrected chi connectivity index (χ2v) is 8.20. The predicted molar refractivity (Wildman–Crippen MR) is 126 cm³/mol. The van der Waals surface area contributed by atoms with Gasteiger partial charge in [-0.25, -0.2) is 4.85 Å². The van der Waals surface area contributed by atoms with Gasteiger partial charge in [-0.2, -0.15) is 4.57 Å².